The SMILES string of the molecule is C=CCN1CCc2ccc(O)cc2CCc2ccc(OC)c(OC)c2C1. The Balaban J connectivity index is 2.05. The van der Waals surface area contributed by atoms with Crippen molar-refractivity contribution in [3.63, 3.8) is 0 Å². The van der Waals surface area contributed by atoms with Crippen LogP contribution in [0.15, 0.2) is 43.0 Å². The number of hydrogen-bond donors (Lipinski definition) is 1. The van der Waals surface area contributed by atoms with Gasteiger partial charge in [-0.3, -0.25) is 4.90 Å². The Kier molecular flexibility index (Phi) is 5.84. The van der Waals surface area contributed by atoms with Crippen molar-refractivity contribution in [2.45, 2.75) is 25.8 Å². The molecule has 4 nitrogen and oxygen atoms in total. The lowest BCUT2D eigenvalue weighted by Crippen LogP contribution is -2.27. The van der Waals surface area contributed by atoms with Crippen LogP contribution >= 0.6 is 0 Å². The third-order valence-electron chi connectivity index (χ3n) is 5.07. The molecule has 0 aromatic heterocycles. The highest BCUT2D eigenvalue weighted by Gasteiger charge is 2.19. The number of aryl methyl sites for hydroxylation is 2. The maximum atomic E-state index is 9.90. The molecule has 0 saturated heterocycles. The van der Waals surface area contributed by atoms with Crippen LogP contribution in [-0.4, -0.2) is 37.3 Å². The summed E-state index contributed by atoms with van der Waals surface area (Å²) >= 11 is 0. The van der Waals surface area contributed by atoms with Gasteiger partial charge in [-0.2, -0.15) is 0 Å². The van der Waals surface area contributed by atoms with Gasteiger partial charge >= 0.3 is 0 Å². The number of nitrogens with zero attached hydrogens (tertiary/aromatic N) is 1. The molecule has 0 saturated carbocycles. The third kappa shape index (κ3) is 3.86. The molecule has 0 aliphatic carbocycles. The van der Waals surface area contributed by atoms with Gasteiger partial charge in [-0.1, -0.05) is 18.2 Å². The fourth-order valence-corrected chi connectivity index (χ4v) is 3.72. The molecule has 4 heteroatoms. The van der Waals surface area contributed by atoms with Gasteiger partial charge in [0.05, 0.1) is 14.2 Å². The van der Waals surface area contributed by atoms with E-state index in [9.17, 15) is 5.11 Å². The first-order valence-corrected chi connectivity index (χ1v) is 9.03. The average molecular weight is 353 g/mol. The Morgan fingerprint density at radius 2 is 1.81 bits per heavy atom. The zero-order valence-electron chi connectivity index (χ0n) is 15.6. The first-order chi connectivity index (χ1) is 12.7. The zero-order chi connectivity index (χ0) is 18.5. The first kappa shape index (κ1) is 18.3. The minimum atomic E-state index is 0.330. The van der Waals surface area contributed by atoms with Gasteiger partial charge < -0.3 is 14.6 Å². The molecule has 1 N–H and O–H groups in total. The summed E-state index contributed by atoms with van der Waals surface area (Å²) in [6, 6.07) is 9.84. The van der Waals surface area contributed by atoms with Gasteiger partial charge in [-0.15, -0.1) is 6.58 Å². The van der Waals surface area contributed by atoms with E-state index < -0.39 is 0 Å². The summed E-state index contributed by atoms with van der Waals surface area (Å²) < 4.78 is 11.2. The molecular weight excluding hydrogens is 326 g/mol. The lowest BCUT2D eigenvalue weighted by atomic mass is 9.93. The van der Waals surface area contributed by atoms with E-state index in [0.29, 0.717) is 5.75 Å². The second-order valence-electron chi connectivity index (χ2n) is 6.67. The van der Waals surface area contributed by atoms with Crippen LogP contribution in [0.4, 0.5) is 0 Å². The summed E-state index contributed by atoms with van der Waals surface area (Å²) in [5, 5.41) is 9.90. The Morgan fingerprint density at radius 1 is 1.04 bits per heavy atom. The molecule has 138 valence electrons. The molecule has 1 heterocycles. The third-order valence-corrected chi connectivity index (χ3v) is 5.07. The molecular formula is C22H27NO3. The fraction of sp³-hybridized carbons (Fsp3) is 0.364. The Labute approximate surface area is 155 Å². The molecule has 3 rings (SSSR count). The van der Waals surface area contributed by atoms with Crippen LogP contribution in [-0.2, 0) is 25.8 Å². The lowest BCUT2D eigenvalue weighted by Gasteiger charge is -2.26. The molecule has 0 radical (unpaired) electrons. The smallest absolute Gasteiger partial charge is 0.165 e. The van der Waals surface area contributed by atoms with Gasteiger partial charge in [-0.05, 0) is 54.2 Å². The highest BCUT2D eigenvalue weighted by Crippen LogP contribution is 2.35. The normalized spacial score (nSPS) is 14.8. The largest absolute Gasteiger partial charge is 0.508 e. The van der Waals surface area contributed by atoms with Crippen molar-refractivity contribution in [2.24, 2.45) is 0 Å². The van der Waals surface area contributed by atoms with E-state index in [1.165, 1.54) is 22.3 Å². The van der Waals surface area contributed by atoms with Gasteiger partial charge in [0.15, 0.2) is 11.5 Å². The van der Waals surface area contributed by atoms with E-state index in [-0.39, 0.29) is 0 Å². The Morgan fingerprint density at radius 3 is 2.54 bits per heavy atom. The van der Waals surface area contributed by atoms with Crippen molar-refractivity contribution in [1.82, 2.24) is 4.90 Å². The van der Waals surface area contributed by atoms with Gasteiger partial charge in [0, 0.05) is 25.2 Å². The van der Waals surface area contributed by atoms with E-state index >= 15 is 0 Å². The fourth-order valence-electron chi connectivity index (χ4n) is 3.72. The summed E-state index contributed by atoms with van der Waals surface area (Å²) in [7, 11) is 3.37. The number of methoxy groups -OCH3 is 2. The average Bonchev–Trinajstić information content (AvgIpc) is 2.65. The van der Waals surface area contributed by atoms with Crippen LogP contribution in [0.3, 0.4) is 0 Å². The zero-order valence-corrected chi connectivity index (χ0v) is 15.6. The number of benzene rings is 2. The number of aromatic hydroxyl groups is 1. The van der Waals surface area contributed by atoms with Crippen molar-refractivity contribution in [3.05, 3.63) is 65.2 Å². The number of phenols is 1. The molecule has 0 atom stereocenters. The second kappa shape index (κ2) is 8.28. The van der Waals surface area contributed by atoms with Crippen LogP contribution < -0.4 is 9.47 Å². The van der Waals surface area contributed by atoms with Gasteiger partial charge in [0.25, 0.3) is 0 Å². The van der Waals surface area contributed by atoms with Crippen molar-refractivity contribution in [2.75, 3.05) is 27.3 Å². The summed E-state index contributed by atoms with van der Waals surface area (Å²) in [4.78, 5) is 2.37. The van der Waals surface area contributed by atoms with Crippen LogP contribution in [0, 0.1) is 0 Å². The Bertz CT molecular complexity index is 785. The van der Waals surface area contributed by atoms with Gasteiger partial charge in [0.2, 0.25) is 0 Å². The number of fused-ring (bicyclic) bond motifs is 2. The quantitative estimate of drug-likeness (QED) is 0.851. The van der Waals surface area contributed by atoms with Crippen molar-refractivity contribution in [1.29, 1.82) is 0 Å². The van der Waals surface area contributed by atoms with E-state index in [4.69, 9.17) is 9.47 Å². The summed E-state index contributed by atoms with van der Waals surface area (Å²) in [6.45, 7) is 6.44. The van der Waals surface area contributed by atoms with Crippen LogP contribution in [0.2, 0.25) is 0 Å². The summed E-state index contributed by atoms with van der Waals surface area (Å²) in [5.74, 6) is 1.91. The highest BCUT2D eigenvalue weighted by molar-refractivity contribution is 5.51. The number of rotatable bonds is 4. The molecule has 0 fully saturated rings. The van der Waals surface area contributed by atoms with Gasteiger partial charge in [0.1, 0.15) is 5.75 Å². The topological polar surface area (TPSA) is 41.9 Å². The number of hydrogen-bond acceptors (Lipinski definition) is 4. The highest BCUT2D eigenvalue weighted by atomic mass is 16.5. The van der Waals surface area contributed by atoms with Crippen LogP contribution in [0.1, 0.15) is 22.3 Å². The predicted octanol–water partition coefficient (Wildman–Crippen LogP) is 3.74. The minimum Gasteiger partial charge on any atom is -0.508 e. The molecule has 2 aromatic rings. The molecule has 0 unspecified atom stereocenters. The minimum absolute atomic E-state index is 0.330. The van der Waals surface area contributed by atoms with E-state index in [0.717, 1.165) is 50.4 Å². The molecule has 0 spiro atoms. The molecule has 0 amide bonds. The van der Waals surface area contributed by atoms with E-state index in [2.05, 4.69) is 17.5 Å². The standard InChI is InChI=1S/C22H27NO3/c1-4-12-23-13-11-16-7-9-19(24)14-18(16)6-5-17-8-10-21(25-2)22(26-3)20(17)15-23/h4,7-10,14,24H,1,5-6,11-13,15H2,2-3H3. The summed E-state index contributed by atoms with van der Waals surface area (Å²) in [5.41, 5.74) is 4.96. The second-order valence-corrected chi connectivity index (χ2v) is 6.67. The van der Waals surface area contributed by atoms with E-state index in [1.54, 1.807) is 20.3 Å². The molecule has 1 aliphatic heterocycles. The monoisotopic (exact) mass is 353 g/mol. The summed E-state index contributed by atoms with van der Waals surface area (Å²) in [6.07, 6.45) is 4.68. The first-order valence-electron chi connectivity index (χ1n) is 9.03. The van der Waals surface area contributed by atoms with Crippen molar-refractivity contribution < 1.29 is 14.6 Å². The number of ether oxygens (including phenoxy) is 2. The van der Waals surface area contributed by atoms with Crippen LogP contribution in [0.25, 0.3) is 0 Å². The van der Waals surface area contributed by atoms with E-state index in [1.807, 2.05) is 24.3 Å². The molecule has 2 aromatic carbocycles. The van der Waals surface area contributed by atoms with Crippen molar-refractivity contribution >= 4 is 0 Å². The maximum absolute atomic E-state index is 9.90. The molecule has 26 heavy (non-hydrogen) atoms. The predicted molar refractivity (Wildman–Crippen MR) is 104 cm³/mol. The van der Waals surface area contributed by atoms with Crippen molar-refractivity contribution in [3.8, 4) is 17.2 Å². The lowest BCUT2D eigenvalue weighted by molar-refractivity contribution is 0.285. The van der Waals surface area contributed by atoms with Crippen LogP contribution in [0.5, 0.6) is 17.2 Å². The maximum Gasteiger partial charge on any atom is 0.165 e. The molecule has 1 aliphatic rings. The van der Waals surface area contributed by atoms with Gasteiger partial charge in [-0.25, -0.2) is 0 Å². The number of phenolic OH excluding ortho intramolecular Hbond substituents is 1. The Hall–Kier alpha value is -2.46. The molecule has 0 bridgehead atoms.